The minimum atomic E-state index is -1.64. The zero-order chi connectivity index (χ0) is 48.1. The molecule has 0 radical (unpaired) electrons. The number of carboxylic acids is 2. The van der Waals surface area contributed by atoms with E-state index in [9.17, 15) is 49.8 Å². The Bertz CT molecular complexity index is 1480. The van der Waals surface area contributed by atoms with E-state index in [1.54, 1.807) is 13.8 Å². The monoisotopic (exact) mass is 921 g/mol. The summed E-state index contributed by atoms with van der Waals surface area (Å²) in [6.07, 6.45) is -8.19. The zero-order valence-electron chi connectivity index (χ0n) is 36.8. The number of nitrogens with two attached hydrogens (primary N) is 2. The van der Waals surface area contributed by atoms with Crippen molar-refractivity contribution < 1.29 is 83.0 Å². The van der Waals surface area contributed by atoms with E-state index >= 15 is 0 Å². The fourth-order valence-electron chi connectivity index (χ4n) is 6.51. The number of rotatable bonds is 28. The fourth-order valence-corrected chi connectivity index (χ4v) is 6.51. The molecule has 0 aromatic rings. The Kier molecular flexibility index (Phi) is 23.9. The molecule has 0 saturated carbocycles. The molecule has 0 aromatic heterocycles. The molecule has 26 nitrogen and oxygen atoms in total. The maximum atomic E-state index is 13.1. The Balaban J connectivity index is 1.88. The van der Waals surface area contributed by atoms with Crippen LogP contribution < -0.4 is 22.1 Å². The zero-order valence-corrected chi connectivity index (χ0v) is 36.8. The van der Waals surface area contributed by atoms with Gasteiger partial charge in [-0.05, 0) is 19.1 Å². The van der Waals surface area contributed by atoms with Crippen molar-refractivity contribution in [1.29, 1.82) is 10.8 Å². The van der Waals surface area contributed by atoms with E-state index in [2.05, 4.69) is 10.6 Å². The summed E-state index contributed by atoms with van der Waals surface area (Å²) in [4.78, 5) is 54.0. The number of aliphatic hydroxyl groups is 4. The SMILES string of the molecule is CCOCCN(CCOCCN(C)C(=O)OC([C@H](O)CO)[C@@H]1OC(C(=O)O)=C[C@H](NC(=N)N)[C@H]1C)CCOCCN(C)C(=O)O[C@@H]([C@@H]1OC(C(=O)O)=C[C@H](NC(=N)N)[C@H]1C)[C@H](O)CO. The number of hydrogen-bond donors (Lipinski definition) is 12. The molecule has 2 heterocycles. The van der Waals surface area contributed by atoms with Crippen molar-refractivity contribution in [3.63, 3.8) is 0 Å². The Labute approximate surface area is 370 Å². The standard InChI is InChI=1S/C38H67N9O17/c1-6-58-14-9-47(10-15-59-12-7-45(4)37(56)63-31(25(50)19-48)29-21(2)23(43-35(39)40)17-27(61-29)33(52)53)11-16-60-13-8-46(5)38(57)64-32(26(51)20-49)30-22(3)24(44-36(41)42)18-28(62-30)34(54)55/h17-18,21-26,29-32,48-51H,6-16,19-20H2,1-5H3,(H,52,53)(H,54,55)(H4,39,40,43)(H4,41,42,44)/t21-,22-,23+,24+,25-,26-,29-,30-,31-,32?/m1/s1. The number of aliphatic hydroxyl groups excluding tert-OH is 4. The van der Waals surface area contributed by atoms with E-state index in [0.29, 0.717) is 32.8 Å². The first-order chi connectivity index (χ1) is 30.2. The quantitative estimate of drug-likeness (QED) is 0.0207. The molecule has 366 valence electrons. The molecule has 0 aliphatic carbocycles. The van der Waals surface area contributed by atoms with Crippen LogP contribution in [0, 0.1) is 22.7 Å². The van der Waals surface area contributed by atoms with Crippen LogP contribution in [0.5, 0.6) is 0 Å². The van der Waals surface area contributed by atoms with E-state index in [0.717, 1.165) is 0 Å². The lowest BCUT2D eigenvalue weighted by Crippen LogP contribution is -2.56. The van der Waals surface area contributed by atoms with Crippen LogP contribution in [0.15, 0.2) is 23.7 Å². The first-order valence-electron chi connectivity index (χ1n) is 20.6. The minimum absolute atomic E-state index is 0.0546. The number of aliphatic carboxylic acids is 2. The maximum absolute atomic E-state index is 13.1. The molecule has 0 saturated heterocycles. The number of carboxylic acid groups (broad SMARTS) is 2. The summed E-state index contributed by atoms with van der Waals surface area (Å²) in [7, 11) is 2.85. The summed E-state index contributed by atoms with van der Waals surface area (Å²) in [5.41, 5.74) is 10.9. The van der Waals surface area contributed by atoms with Crippen LogP contribution in [-0.2, 0) is 42.7 Å². The van der Waals surface area contributed by atoms with Gasteiger partial charge in [-0.15, -0.1) is 0 Å². The summed E-state index contributed by atoms with van der Waals surface area (Å²) in [6.45, 7) is 6.56. The molecule has 10 atom stereocenters. The second kappa shape index (κ2) is 27.9. The predicted octanol–water partition coefficient (Wildman–Crippen LogP) is -3.35. The number of guanidine groups is 2. The number of carbonyl (C=O) groups is 4. The molecular weight excluding hydrogens is 854 g/mol. The first-order valence-corrected chi connectivity index (χ1v) is 20.6. The number of likely N-dealkylation sites (N-methyl/N-ethyl adjacent to an activating group) is 2. The topological polar surface area (TPSA) is 388 Å². The van der Waals surface area contributed by atoms with Crippen LogP contribution in [0.1, 0.15) is 20.8 Å². The third kappa shape index (κ3) is 17.7. The fraction of sp³-hybridized carbons (Fsp3) is 0.737. The van der Waals surface area contributed by atoms with Gasteiger partial charge in [-0.2, -0.15) is 0 Å². The van der Waals surface area contributed by atoms with Gasteiger partial charge in [0.15, 0.2) is 24.1 Å². The first kappa shape index (κ1) is 54.9. The van der Waals surface area contributed by atoms with Crippen molar-refractivity contribution in [1.82, 2.24) is 25.3 Å². The van der Waals surface area contributed by atoms with Gasteiger partial charge in [-0.3, -0.25) is 15.7 Å². The number of carbonyl (C=O) groups excluding carboxylic acids is 2. The minimum Gasteiger partial charge on any atom is -0.479 e. The molecule has 2 aliphatic rings. The number of hydrogen-bond acceptors (Lipinski definition) is 18. The van der Waals surface area contributed by atoms with E-state index in [1.165, 1.54) is 36.0 Å². The van der Waals surface area contributed by atoms with Gasteiger partial charge in [-0.1, -0.05) is 13.8 Å². The van der Waals surface area contributed by atoms with Gasteiger partial charge in [0, 0.05) is 65.3 Å². The molecule has 14 N–H and O–H groups in total. The van der Waals surface area contributed by atoms with Crippen molar-refractivity contribution in [2.45, 2.75) is 69.5 Å². The number of nitrogens with one attached hydrogen (secondary N) is 4. The highest BCUT2D eigenvalue weighted by Gasteiger charge is 2.45. The Hall–Kier alpha value is -5.22. The number of nitrogens with zero attached hydrogens (tertiary/aromatic N) is 3. The molecule has 1 unspecified atom stereocenters. The van der Waals surface area contributed by atoms with Crippen molar-refractivity contribution in [3.05, 3.63) is 23.7 Å². The summed E-state index contributed by atoms with van der Waals surface area (Å²) >= 11 is 0. The normalized spacial score (nSPS) is 22.5. The molecule has 26 heteroatoms. The summed E-state index contributed by atoms with van der Waals surface area (Å²) in [6, 6.07) is -1.66. The molecular formula is C38H67N9O17. The Morgan fingerprint density at radius 2 is 1.03 bits per heavy atom. The lowest BCUT2D eigenvalue weighted by molar-refractivity contribution is -0.148. The smallest absolute Gasteiger partial charge is 0.410 e. The molecule has 0 fully saturated rings. The van der Waals surface area contributed by atoms with Crippen molar-refractivity contribution in [2.75, 3.05) is 99.7 Å². The van der Waals surface area contributed by atoms with Crippen LogP contribution in [-0.4, -0.2) is 230 Å². The highest BCUT2D eigenvalue weighted by molar-refractivity contribution is 5.85. The highest BCUT2D eigenvalue weighted by atomic mass is 16.6. The molecule has 64 heavy (non-hydrogen) atoms. The lowest BCUT2D eigenvalue weighted by atomic mass is 9.87. The molecule has 0 bridgehead atoms. The van der Waals surface area contributed by atoms with Crippen LogP contribution in [0.4, 0.5) is 9.59 Å². The van der Waals surface area contributed by atoms with Gasteiger partial charge in [0.05, 0.1) is 58.3 Å². The third-order valence-corrected chi connectivity index (χ3v) is 10.3. The average molecular weight is 922 g/mol. The largest absolute Gasteiger partial charge is 0.479 e. The van der Waals surface area contributed by atoms with Gasteiger partial charge in [-0.25, -0.2) is 19.2 Å². The van der Waals surface area contributed by atoms with E-state index < -0.39 is 121 Å². The third-order valence-electron chi connectivity index (χ3n) is 10.3. The summed E-state index contributed by atoms with van der Waals surface area (Å²) in [5.74, 6) is -6.17. The average Bonchev–Trinajstić information content (AvgIpc) is 3.24. The molecule has 2 aliphatic heterocycles. The van der Waals surface area contributed by atoms with Gasteiger partial charge in [0.2, 0.25) is 11.5 Å². The van der Waals surface area contributed by atoms with Crippen LogP contribution in [0.25, 0.3) is 0 Å². The van der Waals surface area contributed by atoms with E-state index in [-0.39, 0.29) is 39.5 Å². The molecule has 2 rings (SSSR count). The maximum Gasteiger partial charge on any atom is 0.410 e. The van der Waals surface area contributed by atoms with Gasteiger partial charge >= 0.3 is 24.1 Å². The number of amides is 2. The van der Waals surface area contributed by atoms with Gasteiger partial charge in [0.25, 0.3) is 0 Å². The van der Waals surface area contributed by atoms with E-state index in [4.69, 9.17) is 55.4 Å². The molecule has 0 aromatic carbocycles. The number of ether oxygens (including phenoxy) is 7. The summed E-state index contributed by atoms with van der Waals surface area (Å²) < 4.78 is 39.2. The van der Waals surface area contributed by atoms with Gasteiger partial charge < -0.3 is 95.7 Å². The molecule has 0 spiro atoms. The Morgan fingerprint density at radius 3 is 1.34 bits per heavy atom. The van der Waals surface area contributed by atoms with Gasteiger partial charge in [0.1, 0.15) is 24.4 Å². The van der Waals surface area contributed by atoms with Crippen molar-refractivity contribution >= 4 is 36.0 Å². The lowest BCUT2D eigenvalue weighted by Gasteiger charge is -2.40. The second-order valence-corrected chi connectivity index (χ2v) is 15.0. The van der Waals surface area contributed by atoms with Crippen LogP contribution in [0.2, 0.25) is 0 Å². The Morgan fingerprint density at radius 1 is 0.688 bits per heavy atom. The van der Waals surface area contributed by atoms with Crippen LogP contribution in [0.3, 0.4) is 0 Å². The van der Waals surface area contributed by atoms with Crippen LogP contribution >= 0.6 is 0 Å². The predicted molar refractivity (Wildman–Crippen MR) is 224 cm³/mol. The molecule has 2 amide bonds. The highest BCUT2D eigenvalue weighted by Crippen LogP contribution is 2.30. The van der Waals surface area contributed by atoms with Crippen molar-refractivity contribution in [2.24, 2.45) is 23.3 Å². The van der Waals surface area contributed by atoms with E-state index in [1.807, 2.05) is 11.8 Å². The van der Waals surface area contributed by atoms with Crippen molar-refractivity contribution in [3.8, 4) is 0 Å². The second-order valence-electron chi connectivity index (χ2n) is 15.0. The summed E-state index contributed by atoms with van der Waals surface area (Å²) in [5, 5.41) is 80.1.